The molecule has 130 valence electrons. The molecule has 1 aromatic carbocycles. The van der Waals surface area contributed by atoms with Crippen LogP contribution in [-0.2, 0) is 20.0 Å². The Kier molecular flexibility index (Phi) is 3.53. The van der Waals surface area contributed by atoms with Crippen molar-refractivity contribution in [3.63, 3.8) is 0 Å². The SMILES string of the molecule is NS(=O)(=O)c1cc2c(cc1Cl)NC([C@@H]1C[C@H]3C=C[C@@H]1C3)NS2(=O)=O. The first-order valence-corrected chi connectivity index (χ1v) is 10.9. The van der Waals surface area contributed by atoms with E-state index in [0.29, 0.717) is 17.5 Å². The van der Waals surface area contributed by atoms with E-state index in [1.54, 1.807) is 0 Å². The molecule has 0 radical (unpaired) electrons. The Labute approximate surface area is 145 Å². The highest BCUT2D eigenvalue weighted by molar-refractivity contribution is 7.90. The van der Waals surface area contributed by atoms with Crippen LogP contribution in [0.1, 0.15) is 12.8 Å². The fraction of sp³-hybridized carbons (Fsp3) is 0.429. The lowest BCUT2D eigenvalue weighted by Crippen LogP contribution is -2.50. The molecule has 1 aliphatic heterocycles. The molecule has 24 heavy (non-hydrogen) atoms. The molecule has 10 heteroatoms. The van der Waals surface area contributed by atoms with E-state index in [0.717, 1.165) is 18.9 Å². The molecule has 3 aliphatic rings. The van der Waals surface area contributed by atoms with Gasteiger partial charge in [0.1, 0.15) is 9.79 Å². The van der Waals surface area contributed by atoms with Crippen LogP contribution in [0.3, 0.4) is 0 Å². The number of nitrogens with one attached hydrogen (secondary N) is 2. The van der Waals surface area contributed by atoms with Crippen LogP contribution in [0.5, 0.6) is 0 Å². The standard InChI is InChI=1S/C14H16ClN3O4S2/c15-10-5-11-13(6-12(10)23(16,19)20)24(21,22)18-14(17-11)9-4-7-1-2-8(9)3-7/h1-2,5-9,14,17-18H,3-4H2,(H2,16,19,20)/t7-,8+,9+,14?/m0/s1. The summed E-state index contributed by atoms with van der Waals surface area (Å²) in [5.74, 6) is 0.997. The average molecular weight is 390 g/mol. The molecule has 2 bridgehead atoms. The van der Waals surface area contributed by atoms with Crippen molar-refractivity contribution < 1.29 is 16.8 Å². The third kappa shape index (κ3) is 2.55. The number of benzene rings is 1. The summed E-state index contributed by atoms with van der Waals surface area (Å²) >= 11 is 5.98. The third-order valence-corrected chi connectivity index (χ3v) is 7.84. The number of nitrogens with two attached hydrogens (primary N) is 1. The van der Waals surface area contributed by atoms with Gasteiger partial charge in [0.05, 0.1) is 16.9 Å². The van der Waals surface area contributed by atoms with E-state index < -0.39 is 31.1 Å². The number of sulfonamides is 2. The molecule has 1 fully saturated rings. The fourth-order valence-electron chi connectivity index (χ4n) is 3.92. The maximum Gasteiger partial charge on any atom is 0.244 e. The maximum absolute atomic E-state index is 12.6. The second-order valence-corrected chi connectivity index (χ2v) is 10.1. The largest absolute Gasteiger partial charge is 0.368 e. The number of primary sulfonamides is 1. The molecular formula is C14H16ClN3O4S2. The first kappa shape index (κ1) is 16.3. The van der Waals surface area contributed by atoms with Gasteiger partial charge in [0, 0.05) is 5.92 Å². The third-order valence-electron chi connectivity index (χ3n) is 4.98. The van der Waals surface area contributed by atoms with Crippen LogP contribution < -0.4 is 15.2 Å². The van der Waals surface area contributed by atoms with Crippen LogP contribution in [0.4, 0.5) is 5.69 Å². The van der Waals surface area contributed by atoms with Gasteiger partial charge < -0.3 is 5.32 Å². The molecule has 4 N–H and O–H groups in total. The maximum atomic E-state index is 12.6. The number of anilines is 1. The summed E-state index contributed by atoms with van der Waals surface area (Å²) in [6.07, 6.45) is 5.84. The van der Waals surface area contributed by atoms with E-state index in [9.17, 15) is 16.8 Å². The number of allylic oxidation sites excluding steroid dienone is 2. The van der Waals surface area contributed by atoms with Gasteiger partial charge in [-0.2, -0.15) is 4.72 Å². The molecule has 7 nitrogen and oxygen atoms in total. The summed E-state index contributed by atoms with van der Waals surface area (Å²) in [5.41, 5.74) is 0.294. The van der Waals surface area contributed by atoms with E-state index in [-0.39, 0.29) is 15.8 Å². The second-order valence-electron chi connectivity index (χ2n) is 6.51. The summed E-state index contributed by atoms with van der Waals surface area (Å²) in [6, 6.07) is 2.31. The number of hydrogen-bond donors (Lipinski definition) is 3. The van der Waals surface area contributed by atoms with Crippen molar-refractivity contribution in [2.45, 2.75) is 28.8 Å². The fourth-order valence-corrected chi connectivity index (χ4v) is 6.47. The van der Waals surface area contributed by atoms with Gasteiger partial charge in [-0.3, -0.25) is 0 Å². The Morgan fingerprint density at radius 2 is 1.96 bits per heavy atom. The topological polar surface area (TPSA) is 118 Å². The summed E-state index contributed by atoms with van der Waals surface area (Å²) < 4.78 is 50.9. The lowest BCUT2D eigenvalue weighted by molar-refractivity contribution is 0.363. The molecule has 0 amide bonds. The number of hydrogen-bond acceptors (Lipinski definition) is 5. The van der Waals surface area contributed by atoms with Crippen molar-refractivity contribution >= 4 is 37.3 Å². The first-order chi connectivity index (χ1) is 11.1. The Morgan fingerprint density at radius 3 is 2.54 bits per heavy atom. The smallest absolute Gasteiger partial charge is 0.244 e. The van der Waals surface area contributed by atoms with Crippen molar-refractivity contribution in [2.24, 2.45) is 22.9 Å². The van der Waals surface area contributed by atoms with E-state index in [2.05, 4.69) is 22.2 Å². The summed E-state index contributed by atoms with van der Waals surface area (Å²) in [6.45, 7) is 0. The van der Waals surface area contributed by atoms with Crippen molar-refractivity contribution in [1.29, 1.82) is 0 Å². The monoisotopic (exact) mass is 389 g/mol. The predicted octanol–water partition coefficient (Wildman–Crippen LogP) is 1.23. The van der Waals surface area contributed by atoms with Crippen LogP contribution in [-0.4, -0.2) is 23.0 Å². The molecule has 4 atom stereocenters. The van der Waals surface area contributed by atoms with Gasteiger partial charge in [-0.25, -0.2) is 22.0 Å². The first-order valence-electron chi connectivity index (χ1n) is 7.49. The zero-order valence-electron chi connectivity index (χ0n) is 12.4. The van der Waals surface area contributed by atoms with Crippen LogP contribution in [0.25, 0.3) is 0 Å². The van der Waals surface area contributed by atoms with Gasteiger partial charge in [-0.15, -0.1) is 0 Å². The van der Waals surface area contributed by atoms with E-state index in [4.69, 9.17) is 16.7 Å². The minimum atomic E-state index is -4.11. The van der Waals surface area contributed by atoms with Gasteiger partial charge in [-0.05, 0) is 36.8 Å². The highest BCUT2D eigenvalue weighted by Gasteiger charge is 2.44. The van der Waals surface area contributed by atoms with Crippen molar-refractivity contribution in [3.8, 4) is 0 Å². The van der Waals surface area contributed by atoms with Gasteiger partial charge in [0.25, 0.3) is 0 Å². The van der Waals surface area contributed by atoms with Gasteiger partial charge in [0.2, 0.25) is 20.0 Å². The number of halogens is 1. The lowest BCUT2D eigenvalue weighted by Gasteiger charge is -2.35. The minimum absolute atomic E-state index is 0.104. The zero-order valence-corrected chi connectivity index (χ0v) is 14.8. The molecule has 0 aromatic heterocycles. The molecule has 4 rings (SSSR count). The van der Waals surface area contributed by atoms with Crippen molar-refractivity contribution in [1.82, 2.24) is 4.72 Å². The molecular weight excluding hydrogens is 374 g/mol. The summed E-state index contributed by atoms with van der Waals surface area (Å²) in [7, 11) is -7.97. The molecule has 1 unspecified atom stereocenters. The van der Waals surface area contributed by atoms with E-state index in [1.165, 1.54) is 6.07 Å². The second kappa shape index (κ2) is 5.18. The molecule has 2 aliphatic carbocycles. The highest BCUT2D eigenvalue weighted by atomic mass is 35.5. The van der Waals surface area contributed by atoms with Crippen molar-refractivity contribution in [3.05, 3.63) is 29.3 Å². The Balaban J connectivity index is 1.76. The molecule has 0 spiro atoms. The van der Waals surface area contributed by atoms with E-state index in [1.807, 2.05) is 0 Å². The van der Waals surface area contributed by atoms with Crippen molar-refractivity contribution in [2.75, 3.05) is 5.32 Å². The van der Waals surface area contributed by atoms with Crippen LogP contribution in [0.2, 0.25) is 5.02 Å². The number of rotatable bonds is 2. The number of fused-ring (bicyclic) bond motifs is 3. The average Bonchev–Trinajstić information content (AvgIpc) is 3.06. The molecule has 1 saturated carbocycles. The molecule has 1 aromatic rings. The zero-order chi connectivity index (χ0) is 17.3. The quantitative estimate of drug-likeness (QED) is 0.657. The summed E-state index contributed by atoms with van der Waals surface area (Å²) in [5, 5.41) is 8.14. The Morgan fingerprint density at radius 1 is 1.21 bits per heavy atom. The van der Waals surface area contributed by atoms with Crippen LogP contribution in [0, 0.1) is 17.8 Å². The van der Waals surface area contributed by atoms with Gasteiger partial charge in [0.15, 0.2) is 0 Å². The molecule has 1 heterocycles. The predicted molar refractivity (Wildman–Crippen MR) is 89.4 cm³/mol. The van der Waals surface area contributed by atoms with Crippen LogP contribution in [0.15, 0.2) is 34.1 Å². The van der Waals surface area contributed by atoms with Crippen LogP contribution >= 0.6 is 11.6 Å². The van der Waals surface area contributed by atoms with E-state index >= 15 is 0 Å². The highest BCUT2D eigenvalue weighted by Crippen LogP contribution is 2.46. The van der Waals surface area contributed by atoms with Gasteiger partial charge in [-0.1, -0.05) is 23.8 Å². The minimum Gasteiger partial charge on any atom is -0.368 e. The van der Waals surface area contributed by atoms with Gasteiger partial charge >= 0.3 is 0 Å². The normalized spacial score (nSPS) is 33.2. The Bertz CT molecular complexity index is 958. The summed E-state index contributed by atoms with van der Waals surface area (Å²) in [4.78, 5) is -0.567. The Hall–Kier alpha value is -1.13. The molecule has 0 saturated heterocycles. The lowest BCUT2D eigenvalue weighted by atomic mass is 9.91.